The molecule has 0 atom stereocenters. The molecule has 8 heteroatoms. The van der Waals surface area contributed by atoms with Crippen LogP contribution in [-0.4, -0.2) is 34.1 Å². The molecule has 1 aromatic heterocycles. The summed E-state index contributed by atoms with van der Waals surface area (Å²) >= 11 is 0. The van der Waals surface area contributed by atoms with Crippen molar-refractivity contribution in [1.29, 1.82) is 0 Å². The molecule has 0 bridgehead atoms. The number of amides is 2. The molecule has 0 fully saturated rings. The minimum Gasteiger partial charge on any atom is -0.496 e. The zero-order valence-electron chi connectivity index (χ0n) is 14.2. The molecule has 0 spiro atoms. The number of para-hydroxylation sites is 1. The minimum absolute atomic E-state index is 0.154. The highest BCUT2D eigenvalue weighted by atomic mass is 16.5. The maximum atomic E-state index is 12.3. The monoisotopic (exact) mass is 351 g/mol. The second-order valence-electron chi connectivity index (χ2n) is 5.42. The Bertz CT molecular complexity index is 934. The van der Waals surface area contributed by atoms with Gasteiger partial charge in [-0.25, -0.2) is 0 Å². The molecule has 0 aliphatic heterocycles. The van der Waals surface area contributed by atoms with E-state index in [1.807, 2.05) is 24.3 Å². The number of benzene rings is 2. The standard InChI is InChI=1S/C18H17N5O3/c1-11(24)19-13-9-7-12(8-10-13)17(25)21-18-20-16(22-23-18)14-5-3-4-6-15(14)26-2/h3-10H,1-2H3,(H,19,24)(H2,20,21,22,23,25). The van der Waals surface area contributed by atoms with E-state index in [0.717, 1.165) is 5.56 Å². The lowest BCUT2D eigenvalue weighted by molar-refractivity contribution is -0.114. The Balaban J connectivity index is 1.72. The molecule has 0 aliphatic carbocycles. The summed E-state index contributed by atoms with van der Waals surface area (Å²) in [5.41, 5.74) is 1.77. The molecular weight excluding hydrogens is 334 g/mol. The van der Waals surface area contributed by atoms with Crippen molar-refractivity contribution >= 4 is 23.5 Å². The molecule has 26 heavy (non-hydrogen) atoms. The van der Waals surface area contributed by atoms with Gasteiger partial charge >= 0.3 is 0 Å². The van der Waals surface area contributed by atoms with Crippen LogP contribution in [0.4, 0.5) is 11.6 Å². The molecule has 3 aromatic rings. The summed E-state index contributed by atoms with van der Waals surface area (Å²) in [5, 5.41) is 12.1. The summed E-state index contributed by atoms with van der Waals surface area (Å²) in [6.07, 6.45) is 0. The number of aromatic amines is 1. The maximum Gasteiger partial charge on any atom is 0.258 e. The van der Waals surface area contributed by atoms with Gasteiger partial charge in [0.1, 0.15) is 5.75 Å². The Kier molecular flexibility index (Phi) is 4.93. The number of hydrogen-bond donors (Lipinski definition) is 3. The predicted molar refractivity (Wildman–Crippen MR) is 97.1 cm³/mol. The lowest BCUT2D eigenvalue weighted by Crippen LogP contribution is -2.13. The molecule has 0 radical (unpaired) electrons. The van der Waals surface area contributed by atoms with Gasteiger partial charge in [0, 0.05) is 18.2 Å². The van der Waals surface area contributed by atoms with E-state index >= 15 is 0 Å². The normalized spacial score (nSPS) is 10.2. The van der Waals surface area contributed by atoms with Crippen LogP contribution in [0.25, 0.3) is 11.4 Å². The summed E-state index contributed by atoms with van der Waals surface area (Å²) in [5.74, 6) is 0.757. The van der Waals surface area contributed by atoms with Crippen LogP contribution in [-0.2, 0) is 4.79 Å². The third kappa shape index (κ3) is 3.86. The second kappa shape index (κ2) is 7.47. The molecule has 0 unspecified atom stereocenters. The molecule has 0 saturated heterocycles. The van der Waals surface area contributed by atoms with Crippen molar-refractivity contribution in [3.63, 3.8) is 0 Å². The number of carbonyl (C=O) groups is 2. The molecule has 0 aliphatic rings. The average molecular weight is 351 g/mol. The van der Waals surface area contributed by atoms with E-state index in [4.69, 9.17) is 4.74 Å². The molecule has 3 rings (SSSR count). The molecule has 3 N–H and O–H groups in total. The van der Waals surface area contributed by atoms with Gasteiger partial charge in [-0.15, -0.1) is 5.10 Å². The van der Waals surface area contributed by atoms with Crippen LogP contribution < -0.4 is 15.4 Å². The predicted octanol–water partition coefficient (Wildman–Crippen LogP) is 2.69. The summed E-state index contributed by atoms with van der Waals surface area (Å²) in [6, 6.07) is 13.9. The number of ether oxygens (including phenoxy) is 1. The molecule has 2 amide bonds. The zero-order valence-corrected chi connectivity index (χ0v) is 14.2. The number of aromatic nitrogens is 3. The zero-order chi connectivity index (χ0) is 18.5. The number of carbonyl (C=O) groups excluding carboxylic acids is 2. The van der Waals surface area contributed by atoms with E-state index in [1.165, 1.54) is 6.92 Å². The first-order valence-corrected chi connectivity index (χ1v) is 7.81. The highest BCUT2D eigenvalue weighted by Gasteiger charge is 2.13. The van der Waals surface area contributed by atoms with Crippen LogP contribution in [0.5, 0.6) is 5.75 Å². The Morgan fingerprint density at radius 3 is 2.46 bits per heavy atom. The first-order chi connectivity index (χ1) is 12.6. The van der Waals surface area contributed by atoms with Gasteiger partial charge < -0.3 is 10.1 Å². The minimum atomic E-state index is -0.357. The van der Waals surface area contributed by atoms with Gasteiger partial charge in [-0.1, -0.05) is 12.1 Å². The fourth-order valence-corrected chi connectivity index (χ4v) is 2.36. The SMILES string of the molecule is COc1ccccc1-c1nc(NC(=O)c2ccc(NC(C)=O)cc2)n[nH]1. The number of nitrogens with zero attached hydrogens (tertiary/aromatic N) is 2. The van der Waals surface area contributed by atoms with Crippen LogP contribution in [0.1, 0.15) is 17.3 Å². The highest BCUT2D eigenvalue weighted by Crippen LogP contribution is 2.27. The number of H-pyrrole nitrogens is 1. The van der Waals surface area contributed by atoms with Gasteiger partial charge in [-0.3, -0.25) is 20.0 Å². The molecule has 1 heterocycles. The van der Waals surface area contributed by atoms with Crippen LogP contribution in [0.2, 0.25) is 0 Å². The second-order valence-corrected chi connectivity index (χ2v) is 5.42. The lowest BCUT2D eigenvalue weighted by atomic mass is 10.2. The van der Waals surface area contributed by atoms with Crippen molar-refractivity contribution in [3.8, 4) is 17.1 Å². The molecule has 0 saturated carbocycles. The molecular formula is C18H17N5O3. The van der Waals surface area contributed by atoms with Gasteiger partial charge in [0.2, 0.25) is 11.9 Å². The van der Waals surface area contributed by atoms with Gasteiger partial charge in [-0.2, -0.15) is 4.98 Å². The third-order valence-electron chi connectivity index (χ3n) is 3.54. The molecule has 2 aromatic carbocycles. The Hall–Kier alpha value is -3.68. The third-order valence-corrected chi connectivity index (χ3v) is 3.54. The Morgan fingerprint density at radius 1 is 1.04 bits per heavy atom. The lowest BCUT2D eigenvalue weighted by Gasteiger charge is -2.05. The molecule has 8 nitrogen and oxygen atoms in total. The maximum absolute atomic E-state index is 12.3. The van der Waals surface area contributed by atoms with Gasteiger partial charge in [0.05, 0.1) is 12.7 Å². The first-order valence-electron chi connectivity index (χ1n) is 7.81. The van der Waals surface area contributed by atoms with Gasteiger partial charge in [-0.05, 0) is 36.4 Å². The van der Waals surface area contributed by atoms with E-state index < -0.39 is 0 Å². The van der Waals surface area contributed by atoms with E-state index in [-0.39, 0.29) is 17.8 Å². The van der Waals surface area contributed by atoms with E-state index in [9.17, 15) is 9.59 Å². The van der Waals surface area contributed by atoms with Crippen molar-refractivity contribution in [2.45, 2.75) is 6.92 Å². The van der Waals surface area contributed by atoms with E-state index in [1.54, 1.807) is 31.4 Å². The van der Waals surface area contributed by atoms with Crippen LogP contribution in [0.3, 0.4) is 0 Å². The summed E-state index contributed by atoms with van der Waals surface area (Å²) in [6.45, 7) is 1.42. The fourth-order valence-electron chi connectivity index (χ4n) is 2.36. The van der Waals surface area contributed by atoms with Crippen LogP contribution in [0, 0.1) is 0 Å². The summed E-state index contributed by atoms with van der Waals surface area (Å²) in [4.78, 5) is 27.6. The van der Waals surface area contributed by atoms with Crippen molar-refractivity contribution in [3.05, 3.63) is 54.1 Å². The van der Waals surface area contributed by atoms with Crippen LogP contribution >= 0.6 is 0 Å². The van der Waals surface area contributed by atoms with Crippen molar-refractivity contribution in [1.82, 2.24) is 15.2 Å². The smallest absolute Gasteiger partial charge is 0.258 e. The Morgan fingerprint density at radius 2 is 1.77 bits per heavy atom. The van der Waals surface area contributed by atoms with Crippen molar-refractivity contribution in [2.24, 2.45) is 0 Å². The van der Waals surface area contributed by atoms with E-state index in [2.05, 4.69) is 25.8 Å². The van der Waals surface area contributed by atoms with Crippen molar-refractivity contribution < 1.29 is 14.3 Å². The van der Waals surface area contributed by atoms with Gasteiger partial charge in [0.25, 0.3) is 5.91 Å². The largest absolute Gasteiger partial charge is 0.496 e. The topological polar surface area (TPSA) is 109 Å². The Labute approximate surface area is 149 Å². The van der Waals surface area contributed by atoms with Crippen molar-refractivity contribution in [2.75, 3.05) is 17.7 Å². The molecule has 132 valence electrons. The summed E-state index contributed by atoms with van der Waals surface area (Å²) < 4.78 is 5.29. The number of nitrogens with one attached hydrogen (secondary N) is 3. The fraction of sp³-hybridized carbons (Fsp3) is 0.111. The van der Waals surface area contributed by atoms with E-state index in [0.29, 0.717) is 22.8 Å². The number of hydrogen-bond acceptors (Lipinski definition) is 5. The number of anilines is 2. The first kappa shape index (κ1) is 17.2. The average Bonchev–Trinajstić information content (AvgIpc) is 3.10. The highest BCUT2D eigenvalue weighted by molar-refractivity contribution is 6.03. The summed E-state index contributed by atoms with van der Waals surface area (Å²) in [7, 11) is 1.57. The van der Waals surface area contributed by atoms with Gasteiger partial charge in [0.15, 0.2) is 5.82 Å². The van der Waals surface area contributed by atoms with Crippen LogP contribution in [0.15, 0.2) is 48.5 Å². The quantitative estimate of drug-likeness (QED) is 0.655. The number of rotatable bonds is 5. The number of methoxy groups -OCH3 is 1.